The Morgan fingerprint density at radius 3 is 2.39 bits per heavy atom. The van der Waals surface area contributed by atoms with E-state index in [2.05, 4.69) is 14.7 Å². The first-order chi connectivity index (χ1) is 15.7. The second-order valence-electron chi connectivity index (χ2n) is 8.13. The van der Waals surface area contributed by atoms with E-state index in [0.717, 1.165) is 5.56 Å². The Morgan fingerprint density at radius 2 is 1.85 bits per heavy atom. The predicted molar refractivity (Wildman–Crippen MR) is 120 cm³/mol. The van der Waals surface area contributed by atoms with Crippen molar-refractivity contribution in [2.75, 3.05) is 0 Å². The molecule has 0 aliphatic carbocycles. The van der Waals surface area contributed by atoms with Crippen LogP contribution in [0.25, 0.3) is 22.5 Å². The van der Waals surface area contributed by atoms with Crippen LogP contribution in [-0.2, 0) is 16.1 Å². The van der Waals surface area contributed by atoms with E-state index >= 15 is 0 Å². The number of carboxylic acids is 1. The standard InChI is InChI=1S/C24H26FN3O5/c1-4-5-20(29)28(21(14(2)3)23(30)31)13-15-6-8-16(9-7-15)19-12-17(25)10-11-18(19)22-26-24(32)33-27-22/h6-12,14,21H,4-5,13H2,1-3H3,(H,30,31)(H,26,27,32)/t21-/m0/s1. The van der Waals surface area contributed by atoms with Gasteiger partial charge in [-0.1, -0.05) is 50.2 Å². The molecule has 0 aliphatic rings. The van der Waals surface area contributed by atoms with Gasteiger partial charge in [-0.2, -0.15) is 0 Å². The van der Waals surface area contributed by atoms with Gasteiger partial charge in [-0.15, -0.1) is 0 Å². The maximum atomic E-state index is 14.0. The number of carbonyl (C=O) groups is 2. The highest BCUT2D eigenvalue weighted by molar-refractivity contribution is 5.84. The number of H-pyrrole nitrogens is 1. The Balaban J connectivity index is 1.94. The Morgan fingerprint density at radius 1 is 1.15 bits per heavy atom. The number of hydrogen-bond donors (Lipinski definition) is 2. The first-order valence-electron chi connectivity index (χ1n) is 10.7. The third kappa shape index (κ3) is 5.54. The average Bonchev–Trinajstić information content (AvgIpc) is 3.19. The summed E-state index contributed by atoms with van der Waals surface area (Å²) in [4.78, 5) is 39.8. The van der Waals surface area contributed by atoms with Gasteiger partial charge in [0, 0.05) is 18.5 Å². The zero-order valence-electron chi connectivity index (χ0n) is 18.7. The molecule has 1 aromatic heterocycles. The van der Waals surface area contributed by atoms with Gasteiger partial charge in [0.25, 0.3) is 0 Å². The van der Waals surface area contributed by atoms with E-state index in [9.17, 15) is 23.9 Å². The normalized spacial score (nSPS) is 12.0. The molecular weight excluding hydrogens is 429 g/mol. The molecule has 0 aliphatic heterocycles. The van der Waals surface area contributed by atoms with Gasteiger partial charge in [-0.3, -0.25) is 14.3 Å². The van der Waals surface area contributed by atoms with E-state index in [1.807, 2.05) is 6.92 Å². The minimum atomic E-state index is -1.04. The number of aromatic nitrogens is 2. The minimum Gasteiger partial charge on any atom is -0.480 e. The SMILES string of the molecule is CCCC(=O)N(Cc1ccc(-c2cc(F)ccc2-c2noc(=O)[nH]2)cc1)[C@H](C(=O)O)C(C)C. The van der Waals surface area contributed by atoms with Crippen LogP contribution >= 0.6 is 0 Å². The third-order valence-corrected chi connectivity index (χ3v) is 5.30. The van der Waals surface area contributed by atoms with Crippen molar-refractivity contribution in [1.82, 2.24) is 15.0 Å². The first kappa shape index (κ1) is 23.9. The van der Waals surface area contributed by atoms with Gasteiger partial charge >= 0.3 is 11.7 Å². The molecule has 0 saturated carbocycles. The first-order valence-corrected chi connectivity index (χ1v) is 10.7. The van der Waals surface area contributed by atoms with Crippen molar-refractivity contribution in [1.29, 1.82) is 0 Å². The Hall–Kier alpha value is -3.75. The van der Waals surface area contributed by atoms with Crippen LogP contribution in [-0.4, -0.2) is 38.1 Å². The molecule has 0 saturated heterocycles. The number of amides is 1. The summed E-state index contributed by atoms with van der Waals surface area (Å²) >= 11 is 0. The molecule has 2 N–H and O–H groups in total. The van der Waals surface area contributed by atoms with Crippen molar-refractivity contribution >= 4 is 11.9 Å². The number of hydrogen-bond acceptors (Lipinski definition) is 5. The van der Waals surface area contributed by atoms with Crippen molar-refractivity contribution in [2.24, 2.45) is 5.92 Å². The van der Waals surface area contributed by atoms with Crippen LogP contribution in [0.1, 0.15) is 39.2 Å². The summed E-state index contributed by atoms with van der Waals surface area (Å²) in [7, 11) is 0. The molecule has 33 heavy (non-hydrogen) atoms. The van der Waals surface area contributed by atoms with Gasteiger partial charge in [0.1, 0.15) is 11.9 Å². The van der Waals surface area contributed by atoms with Gasteiger partial charge in [0.15, 0.2) is 5.82 Å². The van der Waals surface area contributed by atoms with Crippen LogP contribution in [0.15, 0.2) is 51.8 Å². The average molecular weight is 455 g/mol. The highest BCUT2D eigenvalue weighted by Crippen LogP contribution is 2.31. The fourth-order valence-electron chi connectivity index (χ4n) is 3.77. The molecule has 0 bridgehead atoms. The minimum absolute atomic E-state index is 0.140. The molecule has 9 heteroatoms. The van der Waals surface area contributed by atoms with E-state index < -0.39 is 23.6 Å². The van der Waals surface area contributed by atoms with Crippen molar-refractivity contribution < 1.29 is 23.6 Å². The van der Waals surface area contributed by atoms with E-state index in [1.54, 1.807) is 38.1 Å². The van der Waals surface area contributed by atoms with Crippen molar-refractivity contribution in [3.63, 3.8) is 0 Å². The topological polar surface area (TPSA) is 117 Å². The summed E-state index contributed by atoms with van der Waals surface area (Å²) in [6.45, 7) is 5.55. The summed E-state index contributed by atoms with van der Waals surface area (Å²) in [5, 5.41) is 13.4. The Labute approximate surface area is 190 Å². The lowest BCUT2D eigenvalue weighted by atomic mass is 9.97. The number of halogens is 1. The number of benzene rings is 2. The lowest BCUT2D eigenvalue weighted by Crippen LogP contribution is -2.47. The van der Waals surface area contributed by atoms with Crippen molar-refractivity contribution in [2.45, 2.75) is 46.2 Å². The smallest absolute Gasteiger partial charge is 0.439 e. The van der Waals surface area contributed by atoms with Crippen LogP contribution in [0, 0.1) is 11.7 Å². The fourth-order valence-corrected chi connectivity index (χ4v) is 3.77. The maximum Gasteiger partial charge on any atom is 0.439 e. The third-order valence-electron chi connectivity index (χ3n) is 5.30. The van der Waals surface area contributed by atoms with E-state index in [1.165, 1.54) is 23.1 Å². The van der Waals surface area contributed by atoms with Crippen LogP contribution in [0.2, 0.25) is 0 Å². The molecule has 3 aromatic rings. The van der Waals surface area contributed by atoms with E-state index in [0.29, 0.717) is 23.1 Å². The number of nitrogens with zero attached hydrogens (tertiary/aromatic N) is 2. The van der Waals surface area contributed by atoms with Gasteiger partial charge in [-0.05, 0) is 47.2 Å². The van der Waals surface area contributed by atoms with Crippen molar-refractivity contribution in [3.05, 3.63) is 64.4 Å². The number of carboxylic acid groups (broad SMARTS) is 1. The summed E-state index contributed by atoms with van der Waals surface area (Å²) in [6.07, 6.45) is 0.877. The molecular formula is C24H26FN3O5. The highest BCUT2D eigenvalue weighted by Gasteiger charge is 2.31. The second-order valence-corrected chi connectivity index (χ2v) is 8.13. The number of carbonyl (C=O) groups excluding carboxylic acids is 1. The molecule has 3 rings (SSSR count). The predicted octanol–water partition coefficient (Wildman–Crippen LogP) is 4.07. The zero-order chi connectivity index (χ0) is 24.1. The van der Waals surface area contributed by atoms with Gasteiger partial charge in [0.2, 0.25) is 5.91 Å². The lowest BCUT2D eigenvalue weighted by Gasteiger charge is -2.31. The quantitative estimate of drug-likeness (QED) is 0.502. The largest absolute Gasteiger partial charge is 0.480 e. The Kier molecular flexibility index (Phi) is 7.42. The number of aliphatic carboxylic acids is 1. The number of nitrogens with one attached hydrogen (secondary N) is 1. The molecule has 2 aromatic carbocycles. The molecule has 0 fully saturated rings. The van der Waals surface area contributed by atoms with Gasteiger partial charge in [-0.25, -0.2) is 14.0 Å². The summed E-state index contributed by atoms with van der Waals surface area (Å²) in [5.74, 6) is -2.52. The van der Waals surface area contributed by atoms with Crippen LogP contribution in [0.5, 0.6) is 0 Å². The molecule has 174 valence electrons. The molecule has 8 nitrogen and oxygen atoms in total. The van der Waals surface area contributed by atoms with Gasteiger partial charge < -0.3 is 10.0 Å². The summed E-state index contributed by atoms with van der Waals surface area (Å²) in [5.41, 5.74) is 2.38. The number of aromatic amines is 1. The highest BCUT2D eigenvalue weighted by atomic mass is 19.1. The maximum absolute atomic E-state index is 14.0. The monoisotopic (exact) mass is 455 g/mol. The molecule has 0 unspecified atom stereocenters. The zero-order valence-corrected chi connectivity index (χ0v) is 18.7. The van der Waals surface area contributed by atoms with Crippen LogP contribution in [0.3, 0.4) is 0 Å². The fraction of sp³-hybridized carbons (Fsp3) is 0.333. The molecule has 1 amide bonds. The van der Waals surface area contributed by atoms with Crippen LogP contribution in [0.4, 0.5) is 4.39 Å². The summed E-state index contributed by atoms with van der Waals surface area (Å²) < 4.78 is 18.6. The molecule has 1 atom stereocenters. The molecule has 0 radical (unpaired) electrons. The van der Waals surface area contributed by atoms with Crippen molar-refractivity contribution in [3.8, 4) is 22.5 Å². The Bertz CT molecular complexity index is 1180. The summed E-state index contributed by atoms with van der Waals surface area (Å²) in [6, 6.07) is 10.2. The number of rotatable bonds is 9. The van der Waals surface area contributed by atoms with Crippen LogP contribution < -0.4 is 5.76 Å². The lowest BCUT2D eigenvalue weighted by molar-refractivity contribution is -0.153. The molecule has 0 spiro atoms. The van der Waals surface area contributed by atoms with Gasteiger partial charge in [0.05, 0.1) is 0 Å². The van der Waals surface area contributed by atoms with E-state index in [-0.39, 0.29) is 30.6 Å². The second kappa shape index (κ2) is 10.2. The van der Waals surface area contributed by atoms with E-state index in [4.69, 9.17) is 0 Å². The molecule has 1 heterocycles.